The summed E-state index contributed by atoms with van der Waals surface area (Å²) in [4.78, 5) is 24.0. The van der Waals surface area contributed by atoms with Crippen LogP contribution in [-0.2, 0) is 23.8 Å². The van der Waals surface area contributed by atoms with Crippen LogP contribution in [0, 0.1) is 5.92 Å². The molecule has 0 spiro atoms. The highest BCUT2D eigenvalue weighted by Gasteiger charge is 2.38. The molecule has 0 aromatic heterocycles. The van der Waals surface area contributed by atoms with Gasteiger partial charge < -0.3 is 14.2 Å². The molecule has 2 aliphatic rings. The van der Waals surface area contributed by atoms with Gasteiger partial charge in [-0.3, -0.25) is 0 Å². The molecule has 0 aromatic rings. The molecule has 0 bridgehead atoms. The lowest BCUT2D eigenvalue weighted by Gasteiger charge is -2.35. The number of carbonyl (C=O) groups is 2. The number of methoxy groups -OCH3 is 3. The maximum absolute atomic E-state index is 12.1. The second kappa shape index (κ2) is 6.22. The molecule has 0 N–H and O–H groups in total. The van der Waals surface area contributed by atoms with E-state index in [4.69, 9.17) is 14.2 Å². The zero-order chi connectivity index (χ0) is 14.7. The number of esters is 2. The lowest BCUT2D eigenvalue weighted by Crippen LogP contribution is -2.33. The maximum Gasteiger partial charge on any atom is 0.334 e. The third-order valence-corrected chi connectivity index (χ3v) is 4.07. The van der Waals surface area contributed by atoms with Crippen LogP contribution in [0.25, 0.3) is 0 Å². The highest BCUT2D eigenvalue weighted by Crippen LogP contribution is 2.41. The number of allylic oxidation sites excluding steroid dienone is 1. The highest BCUT2D eigenvalue weighted by molar-refractivity contribution is 6.01. The van der Waals surface area contributed by atoms with Crippen molar-refractivity contribution in [2.45, 2.75) is 31.8 Å². The van der Waals surface area contributed by atoms with Crippen LogP contribution in [0.15, 0.2) is 22.8 Å². The largest absolute Gasteiger partial charge is 0.466 e. The van der Waals surface area contributed by atoms with Gasteiger partial charge in [0.2, 0.25) is 0 Å². The number of ether oxygens (including phenoxy) is 3. The van der Waals surface area contributed by atoms with E-state index in [1.807, 2.05) is 6.08 Å². The summed E-state index contributed by atoms with van der Waals surface area (Å²) in [6, 6.07) is 0. The van der Waals surface area contributed by atoms with Crippen molar-refractivity contribution in [3.8, 4) is 0 Å². The van der Waals surface area contributed by atoms with Crippen molar-refractivity contribution in [3.05, 3.63) is 22.8 Å². The molecule has 0 saturated heterocycles. The molecular formula is C15H20O5. The van der Waals surface area contributed by atoms with Gasteiger partial charge in [-0.25, -0.2) is 9.59 Å². The first-order chi connectivity index (χ1) is 9.63. The van der Waals surface area contributed by atoms with Gasteiger partial charge in [-0.15, -0.1) is 0 Å². The molecule has 110 valence electrons. The fraction of sp³-hybridized carbons (Fsp3) is 0.600. The number of carbonyl (C=O) groups excluding carboxylic acids is 2. The Kier molecular flexibility index (Phi) is 4.60. The molecule has 2 rings (SSSR count). The quantitative estimate of drug-likeness (QED) is 0.582. The summed E-state index contributed by atoms with van der Waals surface area (Å²) in [5.41, 5.74) is 1.94. The van der Waals surface area contributed by atoms with Crippen molar-refractivity contribution >= 4 is 11.9 Å². The lowest BCUT2D eigenvalue weighted by molar-refractivity contribution is -0.140. The van der Waals surface area contributed by atoms with E-state index in [1.54, 1.807) is 7.11 Å². The predicted molar refractivity (Wildman–Crippen MR) is 71.9 cm³/mol. The molecule has 2 atom stereocenters. The fourth-order valence-electron chi connectivity index (χ4n) is 3.14. The third-order valence-electron chi connectivity index (χ3n) is 4.07. The highest BCUT2D eigenvalue weighted by atomic mass is 16.5. The number of hydrogen-bond acceptors (Lipinski definition) is 5. The summed E-state index contributed by atoms with van der Waals surface area (Å²) in [6.07, 6.45) is 5.14. The Hall–Kier alpha value is -1.62. The average Bonchev–Trinajstić information content (AvgIpc) is 2.51. The van der Waals surface area contributed by atoms with Crippen LogP contribution in [0.5, 0.6) is 0 Å². The summed E-state index contributed by atoms with van der Waals surface area (Å²) in [5.74, 6) is -0.998. The van der Waals surface area contributed by atoms with Crippen molar-refractivity contribution in [2.24, 2.45) is 5.92 Å². The van der Waals surface area contributed by atoms with E-state index in [0.717, 1.165) is 24.8 Å². The Balaban J connectivity index is 2.42. The van der Waals surface area contributed by atoms with Gasteiger partial charge in [0.05, 0.1) is 31.5 Å². The van der Waals surface area contributed by atoms with E-state index in [0.29, 0.717) is 17.6 Å². The first-order valence-electron chi connectivity index (χ1n) is 6.76. The van der Waals surface area contributed by atoms with Crippen LogP contribution in [0.2, 0.25) is 0 Å². The Labute approximate surface area is 118 Å². The van der Waals surface area contributed by atoms with Crippen LogP contribution in [0.3, 0.4) is 0 Å². The van der Waals surface area contributed by atoms with Gasteiger partial charge in [-0.2, -0.15) is 0 Å². The Bertz CT molecular complexity index is 475. The van der Waals surface area contributed by atoms with Crippen molar-refractivity contribution in [1.82, 2.24) is 0 Å². The van der Waals surface area contributed by atoms with E-state index < -0.39 is 11.9 Å². The van der Waals surface area contributed by atoms with Gasteiger partial charge in [-0.1, -0.05) is 6.08 Å². The van der Waals surface area contributed by atoms with Gasteiger partial charge in [0, 0.05) is 13.0 Å². The molecule has 1 saturated carbocycles. The van der Waals surface area contributed by atoms with Gasteiger partial charge >= 0.3 is 11.9 Å². The summed E-state index contributed by atoms with van der Waals surface area (Å²) >= 11 is 0. The van der Waals surface area contributed by atoms with Crippen molar-refractivity contribution in [3.63, 3.8) is 0 Å². The van der Waals surface area contributed by atoms with Crippen molar-refractivity contribution in [1.29, 1.82) is 0 Å². The second-order valence-corrected chi connectivity index (χ2v) is 4.99. The molecule has 20 heavy (non-hydrogen) atoms. The smallest absolute Gasteiger partial charge is 0.334 e. The molecule has 0 aliphatic heterocycles. The number of hydrogen-bond donors (Lipinski definition) is 0. The van der Waals surface area contributed by atoms with Crippen LogP contribution in [-0.4, -0.2) is 39.4 Å². The van der Waals surface area contributed by atoms with Gasteiger partial charge in [-0.05, 0) is 31.3 Å². The van der Waals surface area contributed by atoms with Crippen molar-refractivity contribution < 1.29 is 23.8 Å². The number of fused-ring (bicyclic) bond motifs is 1. The van der Waals surface area contributed by atoms with Crippen LogP contribution in [0.4, 0.5) is 0 Å². The van der Waals surface area contributed by atoms with Crippen LogP contribution in [0.1, 0.15) is 25.7 Å². The zero-order valence-corrected chi connectivity index (χ0v) is 12.1. The minimum absolute atomic E-state index is 0.0209. The SMILES string of the molecule is COC(=O)C1=C(C(=O)OC)[C@@H]2CCC[C@H](OC)C2=CC1. The topological polar surface area (TPSA) is 61.8 Å². The summed E-state index contributed by atoms with van der Waals surface area (Å²) in [5, 5.41) is 0. The summed E-state index contributed by atoms with van der Waals surface area (Å²) in [6.45, 7) is 0. The van der Waals surface area contributed by atoms with E-state index in [2.05, 4.69) is 0 Å². The van der Waals surface area contributed by atoms with Gasteiger partial charge in [0.25, 0.3) is 0 Å². The van der Waals surface area contributed by atoms with E-state index in [1.165, 1.54) is 14.2 Å². The third kappa shape index (κ3) is 2.50. The molecular weight excluding hydrogens is 260 g/mol. The predicted octanol–water partition coefficient (Wildman–Crippen LogP) is 1.77. The second-order valence-electron chi connectivity index (χ2n) is 4.99. The molecule has 5 nitrogen and oxygen atoms in total. The van der Waals surface area contributed by atoms with Crippen molar-refractivity contribution in [2.75, 3.05) is 21.3 Å². The maximum atomic E-state index is 12.1. The molecule has 0 aromatic carbocycles. The first kappa shape index (κ1) is 14.8. The minimum atomic E-state index is -0.458. The summed E-state index contributed by atoms with van der Waals surface area (Å²) < 4.78 is 15.1. The molecule has 2 aliphatic carbocycles. The molecule has 1 fully saturated rings. The van der Waals surface area contributed by atoms with E-state index >= 15 is 0 Å². The molecule has 0 radical (unpaired) electrons. The minimum Gasteiger partial charge on any atom is -0.466 e. The fourth-order valence-corrected chi connectivity index (χ4v) is 3.14. The molecule has 0 heterocycles. The average molecular weight is 280 g/mol. The monoisotopic (exact) mass is 280 g/mol. The Morgan fingerprint density at radius 3 is 2.40 bits per heavy atom. The molecule has 0 amide bonds. The van der Waals surface area contributed by atoms with Crippen LogP contribution >= 0.6 is 0 Å². The van der Waals surface area contributed by atoms with E-state index in [-0.39, 0.29) is 12.0 Å². The first-order valence-corrected chi connectivity index (χ1v) is 6.76. The standard InChI is InChI=1S/C15H20O5/c1-18-12-6-4-5-10-9(12)7-8-11(14(16)19-2)13(10)15(17)20-3/h7,10,12H,4-6,8H2,1-3H3/t10-,12+/m1/s1. The normalized spacial score (nSPS) is 25.6. The van der Waals surface area contributed by atoms with Gasteiger partial charge in [0.1, 0.15) is 0 Å². The van der Waals surface area contributed by atoms with Gasteiger partial charge in [0.15, 0.2) is 0 Å². The zero-order valence-electron chi connectivity index (χ0n) is 12.1. The molecule has 0 unspecified atom stereocenters. The summed E-state index contributed by atoms with van der Waals surface area (Å²) in [7, 11) is 4.33. The Morgan fingerprint density at radius 2 is 1.80 bits per heavy atom. The van der Waals surface area contributed by atoms with Crippen LogP contribution < -0.4 is 0 Å². The molecule has 5 heteroatoms. The number of rotatable bonds is 3. The van der Waals surface area contributed by atoms with E-state index in [9.17, 15) is 9.59 Å². The Morgan fingerprint density at radius 1 is 1.10 bits per heavy atom. The lowest BCUT2D eigenvalue weighted by atomic mass is 9.72.